The van der Waals surface area contributed by atoms with Crippen molar-refractivity contribution < 1.29 is 9.59 Å². The van der Waals surface area contributed by atoms with Crippen molar-refractivity contribution in [3.05, 3.63) is 87.6 Å². The second kappa shape index (κ2) is 9.72. The Morgan fingerprint density at radius 2 is 1.76 bits per heavy atom. The molecule has 2 atom stereocenters. The molecule has 0 aliphatic carbocycles. The summed E-state index contributed by atoms with van der Waals surface area (Å²) in [5, 5.41) is 5.12. The number of likely N-dealkylation sites (N-methyl/N-ethyl adjacent to an activating group) is 1. The van der Waals surface area contributed by atoms with Crippen molar-refractivity contribution >= 4 is 28.8 Å². The Hall–Kier alpha value is -2.96. The van der Waals surface area contributed by atoms with Crippen LogP contribution in [-0.2, 0) is 11.3 Å². The molecule has 0 spiro atoms. The van der Waals surface area contributed by atoms with Crippen LogP contribution in [-0.4, -0.2) is 41.8 Å². The topological polar surface area (TPSA) is 52.7 Å². The fourth-order valence-electron chi connectivity index (χ4n) is 5.16. The molecule has 2 aliphatic rings. The lowest BCUT2D eigenvalue weighted by Gasteiger charge is -2.39. The zero-order chi connectivity index (χ0) is 23.7. The second-order valence-electron chi connectivity index (χ2n) is 9.59. The Bertz CT molecular complexity index is 1150. The van der Waals surface area contributed by atoms with Gasteiger partial charge in [-0.2, -0.15) is 0 Å². The molecule has 1 fully saturated rings. The van der Waals surface area contributed by atoms with E-state index in [0.717, 1.165) is 41.7 Å². The van der Waals surface area contributed by atoms with Crippen LogP contribution < -0.4 is 5.32 Å². The Kier molecular flexibility index (Phi) is 6.53. The van der Waals surface area contributed by atoms with Crippen LogP contribution in [0.2, 0.25) is 0 Å². The van der Waals surface area contributed by atoms with Gasteiger partial charge in [-0.05, 0) is 72.6 Å². The molecule has 5 rings (SSSR count). The zero-order valence-electron chi connectivity index (χ0n) is 19.7. The molecule has 176 valence electrons. The molecule has 2 aromatic carbocycles. The van der Waals surface area contributed by atoms with E-state index in [4.69, 9.17) is 0 Å². The SMILES string of the molecule is CC1CCN(Cc2ccc(NC(=O)C3c4ccccc4C(=O)N(C)C3c3cccs3)cc2)CC1. The van der Waals surface area contributed by atoms with Crippen LogP contribution in [0.15, 0.2) is 66.0 Å². The standard InChI is InChI=1S/C28H31N3O2S/c1-19-13-15-31(16-14-19)18-20-9-11-21(12-10-20)29-27(32)25-22-6-3-4-7-23(22)28(33)30(2)26(25)24-8-5-17-34-24/h3-12,17,19,25-26H,13-16,18H2,1-2H3,(H,29,32). The van der Waals surface area contributed by atoms with Gasteiger partial charge in [0.05, 0.1) is 12.0 Å². The number of thiophene rings is 1. The highest BCUT2D eigenvalue weighted by Crippen LogP contribution is 2.43. The molecule has 0 bridgehead atoms. The second-order valence-corrected chi connectivity index (χ2v) is 10.6. The van der Waals surface area contributed by atoms with Crippen molar-refractivity contribution in [2.24, 2.45) is 5.92 Å². The number of carbonyl (C=O) groups is 2. The Morgan fingerprint density at radius 3 is 2.47 bits per heavy atom. The van der Waals surface area contributed by atoms with Crippen molar-refractivity contribution in [1.29, 1.82) is 0 Å². The van der Waals surface area contributed by atoms with Crippen LogP contribution in [0.3, 0.4) is 0 Å². The van der Waals surface area contributed by atoms with Gasteiger partial charge in [0, 0.05) is 29.7 Å². The number of carbonyl (C=O) groups excluding carboxylic acids is 2. The van der Waals surface area contributed by atoms with E-state index in [1.807, 2.05) is 53.9 Å². The number of amides is 2. The molecule has 6 heteroatoms. The van der Waals surface area contributed by atoms with Crippen molar-refractivity contribution in [3.8, 4) is 0 Å². The molecule has 1 saturated heterocycles. The van der Waals surface area contributed by atoms with Gasteiger partial charge < -0.3 is 10.2 Å². The lowest BCUT2D eigenvalue weighted by atomic mass is 9.81. The van der Waals surface area contributed by atoms with Gasteiger partial charge in [0.25, 0.3) is 5.91 Å². The van der Waals surface area contributed by atoms with E-state index < -0.39 is 5.92 Å². The highest BCUT2D eigenvalue weighted by atomic mass is 32.1. The van der Waals surface area contributed by atoms with E-state index in [-0.39, 0.29) is 17.9 Å². The number of nitrogens with zero attached hydrogens (tertiary/aromatic N) is 2. The number of hydrogen-bond donors (Lipinski definition) is 1. The number of piperidine rings is 1. The highest BCUT2D eigenvalue weighted by Gasteiger charge is 2.43. The first-order chi connectivity index (χ1) is 16.5. The lowest BCUT2D eigenvalue weighted by molar-refractivity contribution is -0.119. The third kappa shape index (κ3) is 4.52. The van der Waals surface area contributed by atoms with Crippen molar-refractivity contribution in [3.63, 3.8) is 0 Å². The van der Waals surface area contributed by atoms with E-state index in [1.54, 1.807) is 23.3 Å². The molecule has 2 amide bonds. The molecule has 0 saturated carbocycles. The van der Waals surface area contributed by atoms with Crippen molar-refractivity contribution in [1.82, 2.24) is 9.80 Å². The molecule has 2 unspecified atom stereocenters. The van der Waals surface area contributed by atoms with E-state index >= 15 is 0 Å². The molecular formula is C28H31N3O2S. The van der Waals surface area contributed by atoms with Gasteiger partial charge in [-0.25, -0.2) is 0 Å². The lowest BCUT2D eigenvalue weighted by Crippen LogP contribution is -2.43. The van der Waals surface area contributed by atoms with Gasteiger partial charge in [-0.1, -0.05) is 43.3 Å². The number of rotatable bonds is 5. The summed E-state index contributed by atoms with van der Waals surface area (Å²) in [6.45, 7) is 5.58. The predicted octanol–water partition coefficient (Wildman–Crippen LogP) is 5.53. The minimum atomic E-state index is -0.479. The van der Waals surface area contributed by atoms with E-state index in [0.29, 0.717) is 5.56 Å². The van der Waals surface area contributed by atoms with Crippen molar-refractivity contribution in [2.75, 3.05) is 25.5 Å². The maximum Gasteiger partial charge on any atom is 0.254 e. The van der Waals surface area contributed by atoms with Gasteiger partial charge in [0.2, 0.25) is 5.91 Å². The molecule has 34 heavy (non-hydrogen) atoms. The zero-order valence-corrected chi connectivity index (χ0v) is 20.6. The molecule has 3 aromatic rings. The Morgan fingerprint density at radius 1 is 1.03 bits per heavy atom. The number of benzene rings is 2. The maximum absolute atomic E-state index is 13.7. The third-order valence-electron chi connectivity index (χ3n) is 7.20. The summed E-state index contributed by atoms with van der Waals surface area (Å²) in [5.41, 5.74) is 3.43. The maximum atomic E-state index is 13.7. The van der Waals surface area contributed by atoms with E-state index in [2.05, 4.69) is 29.3 Å². The quantitative estimate of drug-likeness (QED) is 0.530. The molecule has 1 aromatic heterocycles. The number of likely N-dealkylation sites (tertiary alicyclic amines) is 1. The largest absolute Gasteiger partial charge is 0.333 e. The minimum Gasteiger partial charge on any atom is -0.333 e. The molecule has 0 radical (unpaired) electrons. The summed E-state index contributed by atoms with van der Waals surface area (Å²) in [6, 6.07) is 19.3. The summed E-state index contributed by atoms with van der Waals surface area (Å²) in [7, 11) is 1.79. The van der Waals surface area contributed by atoms with Crippen LogP contribution in [0.4, 0.5) is 5.69 Å². The van der Waals surface area contributed by atoms with E-state index in [9.17, 15) is 9.59 Å². The van der Waals surface area contributed by atoms with Crippen LogP contribution in [0, 0.1) is 5.92 Å². The first-order valence-corrected chi connectivity index (χ1v) is 12.9. The van der Waals surface area contributed by atoms with Gasteiger partial charge in [-0.15, -0.1) is 11.3 Å². The highest BCUT2D eigenvalue weighted by molar-refractivity contribution is 7.10. The smallest absolute Gasteiger partial charge is 0.254 e. The normalized spacial score (nSPS) is 21.4. The number of hydrogen-bond acceptors (Lipinski definition) is 4. The predicted molar refractivity (Wildman–Crippen MR) is 137 cm³/mol. The van der Waals surface area contributed by atoms with Crippen LogP contribution in [0.5, 0.6) is 0 Å². The molecular weight excluding hydrogens is 442 g/mol. The molecule has 5 nitrogen and oxygen atoms in total. The number of nitrogens with one attached hydrogen (secondary N) is 1. The molecule has 2 aliphatic heterocycles. The summed E-state index contributed by atoms with van der Waals surface area (Å²) >= 11 is 1.58. The van der Waals surface area contributed by atoms with Crippen LogP contribution in [0.1, 0.15) is 58.1 Å². The average molecular weight is 474 g/mol. The minimum absolute atomic E-state index is 0.0468. The van der Waals surface area contributed by atoms with Crippen LogP contribution in [0.25, 0.3) is 0 Å². The first-order valence-electron chi connectivity index (χ1n) is 12.0. The fraction of sp³-hybridized carbons (Fsp3) is 0.357. The third-order valence-corrected chi connectivity index (χ3v) is 8.14. The fourth-order valence-corrected chi connectivity index (χ4v) is 6.07. The van der Waals surface area contributed by atoms with Gasteiger partial charge >= 0.3 is 0 Å². The Labute approximate surface area is 205 Å². The number of fused-ring (bicyclic) bond motifs is 1. The first kappa shape index (κ1) is 22.8. The van der Waals surface area contributed by atoms with Gasteiger partial charge in [0.15, 0.2) is 0 Å². The van der Waals surface area contributed by atoms with Gasteiger partial charge in [-0.3, -0.25) is 14.5 Å². The van der Waals surface area contributed by atoms with E-state index in [1.165, 1.54) is 18.4 Å². The monoisotopic (exact) mass is 473 g/mol. The summed E-state index contributed by atoms with van der Waals surface area (Å²) in [5.74, 6) is 0.205. The molecule has 3 heterocycles. The number of anilines is 1. The Balaban J connectivity index is 1.36. The van der Waals surface area contributed by atoms with Crippen LogP contribution >= 0.6 is 11.3 Å². The molecule has 1 N–H and O–H groups in total. The average Bonchev–Trinajstić information content (AvgIpc) is 3.38. The van der Waals surface area contributed by atoms with Gasteiger partial charge in [0.1, 0.15) is 0 Å². The summed E-state index contributed by atoms with van der Waals surface area (Å²) in [4.78, 5) is 32.0. The summed E-state index contributed by atoms with van der Waals surface area (Å²) < 4.78 is 0. The van der Waals surface area contributed by atoms with Crippen molar-refractivity contribution in [2.45, 2.75) is 38.3 Å². The summed E-state index contributed by atoms with van der Waals surface area (Å²) in [6.07, 6.45) is 2.53.